The quantitative estimate of drug-likeness (QED) is 0.788. The number of hydrogen-bond acceptors (Lipinski definition) is 4. The van der Waals surface area contributed by atoms with Crippen molar-refractivity contribution in [3.05, 3.63) is 11.9 Å². The van der Waals surface area contributed by atoms with Gasteiger partial charge in [-0.25, -0.2) is 9.97 Å². The summed E-state index contributed by atoms with van der Waals surface area (Å²) in [5.41, 5.74) is 0. The minimum Gasteiger partial charge on any atom is -0.370 e. The van der Waals surface area contributed by atoms with Gasteiger partial charge < -0.3 is 10.6 Å². The lowest BCUT2D eigenvalue weighted by atomic mass is 10.0. The molecular formula is C15H26N4. The molecule has 0 bridgehead atoms. The highest BCUT2D eigenvalue weighted by Gasteiger charge is 2.27. The maximum atomic E-state index is 4.67. The lowest BCUT2D eigenvalue weighted by Gasteiger charge is -2.21. The summed E-state index contributed by atoms with van der Waals surface area (Å²) in [4.78, 5) is 9.27. The molecule has 0 saturated heterocycles. The number of nitrogens with one attached hydrogen (secondary N) is 2. The van der Waals surface area contributed by atoms with E-state index in [-0.39, 0.29) is 0 Å². The first-order valence-electron chi connectivity index (χ1n) is 7.53. The summed E-state index contributed by atoms with van der Waals surface area (Å²) in [6.07, 6.45) is 3.64. The molecule has 1 saturated carbocycles. The second kappa shape index (κ2) is 6.22. The van der Waals surface area contributed by atoms with Crippen LogP contribution >= 0.6 is 0 Å². The maximum absolute atomic E-state index is 4.67. The van der Waals surface area contributed by atoms with Crippen molar-refractivity contribution in [3.63, 3.8) is 0 Å². The van der Waals surface area contributed by atoms with Gasteiger partial charge in [-0.3, -0.25) is 0 Å². The summed E-state index contributed by atoms with van der Waals surface area (Å²) in [6, 6.07) is 2.45. The minimum absolute atomic E-state index is 0.432. The average Bonchev–Trinajstić information content (AvgIpc) is 3.22. The molecule has 2 N–H and O–H groups in total. The monoisotopic (exact) mass is 262 g/mol. The molecule has 0 amide bonds. The molecule has 1 heterocycles. The van der Waals surface area contributed by atoms with Crippen molar-refractivity contribution < 1.29 is 0 Å². The number of nitrogens with zero attached hydrogens (tertiary/aromatic N) is 2. The van der Waals surface area contributed by atoms with Gasteiger partial charge in [-0.15, -0.1) is 0 Å². The van der Waals surface area contributed by atoms with Gasteiger partial charge in [0.05, 0.1) is 0 Å². The van der Waals surface area contributed by atoms with Crippen LogP contribution in [0.4, 0.5) is 11.6 Å². The SMILES string of the molecule is CCNc1cc(NC(C)C(C)CC)nc(C2CC2)n1. The molecule has 0 radical (unpaired) electrons. The molecule has 1 aliphatic rings. The van der Waals surface area contributed by atoms with Crippen molar-refractivity contribution in [2.24, 2.45) is 5.92 Å². The summed E-state index contributed by atoms with van der Waals surface area (Å²) >= 11 is 0. The molecular weight excluding hydrogens is 236 g/mol. The zero-order valence-electron chi connectivity index (χ0n) is 12.5. The number of rotatable bonds is 7. The van der Waals surface area contributed by atoms with E-state index in [1.165, 1.54) is 19.3 Å². The molecule has 19 heavy (non-hydrogen) atoms. The summed E-state index contributed by atoms with van der Waals surface area (Å²) in [6.45, 7) is 9.70. The third-order valence-electron chi connectivity index (χ3n) is 3.92. The van der Waals surface area contributed by atoms with Crippen LogP contribution in [-0.4, -0.2) is 22.6 Å². The first kappa shape index (κ1) is 14.1. The number of aromatic nitrogens is 2. The van der Waals surface area contributed by atoms with Crippen LogP contribution in [0.15, 0.2) is 6.07 Å². The molecule has 1 fully saturated rings. The number of anilines is 2. The lowest BCUT2D eigenvalue weighted by molar-refractivity contribution is 0.493. The van der Waals surface area contributed by atoms with Crippen molar-refractivity contribution in [2.45, 2.75) is 58.9 Å². The average molecular weight is 262 g/mol. The zero-order valence-corrected chi connectivity index (χ0v) is 12.5. The predicted molar refractivity (Wildman–Crippen MR) is 80.7 cm³/mol. The molecule has 2 atom stereocenters. The highest BCUT2D eigenvalue weighted by molar-refractivity contribution is 5.48. The molecule has 2 unspecified atom stereocenters. The van der Waals surface area contributed by atoms with Crippen molar-refractivity contribution in [1.29, 1.82) is 0 Å². The van der Waals surface area contributed by atoms with Crippen molar-refractivity contribution in [3.8, 4) is 0 Å². The van der Waals surface area contributed by atoms with E-state index in [1.54, 1.807) is 0 Å². The molecule has 1 aliphatic carbocycles. The van der Waals surface area contributed by atoms with Crippen LogP contribution < -0.4 is 10.6 Å². The zero-order chi connectivity index (χ0) is 13.8. The second-order valence-corrected chi connectivity index (χ2v) is 5.62. The topological polar surface area (TPSA) is 49.8 Å². The molecule has 0 aliphatic heterocycles. The first-order chi connectivity index (χ1) is 9.13. The normalized spacial score (nSPS) is 17.9. The van der Waals surface area contributed by atoms with E-state index < -0.39 is 0 Å². The van der Waals surface area contributed by atoms with Gasteiger partial charge in [-0.2, -0.15) is 0 Å². The van der Waals surface area contributed by atoms with Crippen LogP contribution in [0.3, 0.4) is 0 Å². The Bertz CT molecular complexity index is 415. The Labute approximate surface area is 116 Å². The van der Waals surface area contributed by atoms with E-state index in [4.69, 9.17) is 0 Å². The van der Waals surface area contributed by atoms with Gasteiger partial charge in [0.2, 0.25) is 0 Å². The van der Waals surface area contributed by atoms with Crippen LogP contribution in [0.1, 0.15) is 58.7 Å². The Kier molecular flexibility index (Phi) is 4.61. The Morgan fingerprint density at radius 3 is 2.47 bits per heavy atom. The Hall–Kier alpha value is -1.32. The van der Waals surface area contributed by atoms with Gasteiger partial charge in [0.15, 0.2) is 0 Å². The molecule has 1 aromatic rings. The Balaban J connectivity index is 2.13. The van der Waals surface area contributed by atoms with E-state index in [0.29, 0.717) is 17.9 Å². The van der Waals surface area contributed by atoms with Crippen LogP contribution in [0.2, 0.25) is 0 Å². The van der Waals surface area contributed by atoms with Gasteiger partial charge in [0, 0.05) is 24.6 Å². The first-order valence-corrected chi connectivity index (χ1v) is 7.53. The minimum atomic E-state index is 0.432. The molecule has 4 nitrogen and oxygen atoms in total. The Morgan fingerprint density at radius 2 is 1.89 bits per heavy atom. The smallest absolute Gasteiger partial charge is 0.136 e. The van der Waals surface area contributed by atoms with Gasteiger partial charge in [-0.05, 0) is 32.6 Å². The molecule has 106 valence electrons. The summed E-state index contributed by atoms with van der Waals surface area (Å²) < 4.78 is 0. The molecule has 4 heteroatoms. The standard InChI is InChI=1S/C15H26N4/c1-5-10(3)11(4)17-14-9-13(16-6-2)18-15(19-14)12-7-8-12/h9-12H,5-8H2,1-4H3,(H2,16,17,18,19). The fourth-order valence-electron chi connectivity index (χ4n) is 2.06. The fraction of sp³-hybridized carbons (Fsp3) is 0.733. The molecule has 0 spiro atoms. The highest BCUT2D eigenvalue weighted by Crippen LogP contribution is 2.38. The van der Waals surface area contributed by atoms with Crippen LogP contribution in [0, 0.1) is 5.92 Å². The maximum Gasteiger partial charge on any atom is 0.136 e. The van der Waals surface area contributed by atoms with Crippen LogP contribution in [0.5, 0.6) is 0 Å². The summed E-state index contributed by atoms with van der Waals surface area (Å²) in [5, 5.41) is 6.82. The fourth-order valence-corrected chi connectivity index (χ4v) is 2.06. The predicted octanol–water partition coefficient (Wildman–Crippen LogP) is 3.63. The summed E-state index contributed by atoms with van der Waals surface area (Å²) in [5.74, 6) is 4.12. The van der Waals surface area contributed by atoms with Gasteiger partial charge >= 0.3 is 0 Å². The van der Waals surface area contributed by atoms with E-state index in [9.17, 15) is 0 Å². The van der Waals surface area contributed by atoms with Crippen LogP contribution in [0.25, 0.3) is 0 Å². The van der Waals surface area contributed by atoms with Crippen molar-refractivity contribution in [1.82, 2.24) is 9.97 Å². The van der Waals surface area contributed by atoms with E-state index >= 15 is 0 Å². The van der Waals surface area contributed by atoms with E-state index in [1.807, 2.05) is 6.07 Å². The van der Waals surface area contributed by atoms with Gasteiger partial charge in [0.1, 0.15) is 17.5 Å². The van der Waals surface area contributed by atoms with Crippen molar-refractivity contribution in [2.75, 3.05) is 17.2 Å². The van der Waals surface area contributed by atoms with Crippen LogP contribution in [-0.2, 0) is 0 Å². The highest BCUT2D eigenvalue weighted by atomic mass is 15.1. The molecule has 0 aromatic carbocycles. The van der Waals surface area contributed by atoms with E-state index in [2.05, 4.69) is 48.3 Å². The molecule has 2 rings (SSSR count). The van der Waals surface area contributed by atoms with Gasteiger partial charge in [0.25, 0.3) is 0 Å². The van der Waals surface area contributed by atoms with Gasteiger partial charge in [-0.1, -0.05) is 20.3 Å². The largest absolute Gasteiger partial charge is 0.370 e. The summed E-state index contributed by atoms with van der Waals surface area (Å²) in [7, 11) is 0. The lowest BCUT2D eigenvalue weighted by Crippen LogP contribution is -2.24. The van der Waals surface area contributed by atoms with Crippen molar-refractivity contribution >= 4 is 11.6 Å². The Morgan fingerprint density at radius 1 is 1.21 bits per heavy atom. The third kappa shape index (κ3) is 3.82. The third-order valence-corrected chi connectivity index (χ3v) is 3.92. The van der Waals surface area contributed by atoms with E-state index in [0.717, 1.165) is 24.0 Å². The molecule has 1 aromatic heterocycles. The second-order valence-electron chi connectivity index (χ2n) is 5.62. The number of hydrogen-bond donors (Lipinski definition) is 2.